The molecule has 0 radical (unpaired) electrons. The molecule has 0 atom stereocenters. The van der Waals surface area contributed by atoms with Crippen molar-refractivity contribution in [3.8, 4) is 0 Å². The van der Waals surface area contributed by atoms with Crippen LogP contribution in [0.5, 0.6) is 0 Å². The standard InChI is InChI=1S/C5H11N3O/c1-6-4-2-7-5(9)8-3-4/h4,6H,2-3H2,1H3,(H2,7,8,9). The van der Waals surface area contributed by atoms with Gasteiger partial charge in [-0.3, -0.25) is 0 Å². The summed E-state index contributed by atoms with van der Waals surface area (Å²) in [6.45, 7) is 1.45. The summed E-state index contributed by atoms with van der Waals surface area (Å²) in [5, 5.41) is 8.39. The quantitative estimate of drug-likeness (QED) is 0.420. The Morgan fingerprint density at radius 2 is 2.11 bits per heavy atom. The van der Waals surface area contributed by atoms with Gasteiger partial charge in [-0.1, -0.05) is 0 Å². The number of carbonyl (C=O) groups is 1. The number of nitrogens with one attached hydrogen (secondary N) is 3. The average molecular weight is 129 g/mol. The lowest BCUT2D eigenvalue weighted by molar-refractivity contribution is 0.232. The van der Waals surface area contributed by atoms with Crippen molar-refractivity contribution in [1.82, 2.24) is 16.0 Å². The van der Waals surface area contributed by atoms with Crippen molar-refractivity contribution in [3.05, 3.63) is 0 Å². The van der Waals surface area contributed by atoms with E-state index in [2.05, 4.69) is 16.0 Å². The van der Waals surface area contributed by atoms with Gasteiger partial charge in [-0.2, -0.15) is 0 Å². The van der Waals surface area contributed by atoms with Crippen LogP contribution in [0.1, 0.15) is 0 Å². The van der Waals surface area contributed by atoms with Crippen LogP contribution in [-0.4, -0.2) is 32.2 Å². The fraction of sp³-hybridized carbons (Fsp3) is 0.800. The summed E-state index contributed by atoms with van der Waals surface area (Å²) < 4.78 is 0. The molecule has 1 rings (SSSR count). The van der Waals surface area contributed by atoms with Gasteiger partial charge in [0.15, 0.2) is 0 Å². The van der Waals surface area contributed by atoms with Gasteiger partial charge < -0.3 is 16.0 Å². The summed E-state index contributed by atoms with van der Waals surface area (Å²) in [5.74, 6) is 0. The molecule has 4 nitrogen and oxygen atoms in total. The fourth-order valence-corrected chi connectivity index (χ4v) is 0.771. The van der Waals surface area contributed by atoms with Crippen molar-refractivity contribution in [3.63, 3.8) is 0 Å². The average Bonchev–Trinajstić information content (AvgIpc) is 1.90. The molecule has 1 aliphatic heterocycles. The number of hydrogen-bond donors (Lipinski definition) is 3. The molecule has 1 saturated heterocycles. The zero-order chi connectivity index (χ0) is 6.69. The molecular formula is C5H11N3O. The maximum atomic E-state index is 10.5. The van der Waals surface area contributed by atoms with E-state index in [4.69, 9.17) is 0 Å². The van der Waals surface area contributed by atoms with Gasteiger partial charge in [-0.05, 0) is 7.05 Å². The molecule has 0 unspecified atom stereocenters. The van der Waals surface area contributed by atoms with Crippen molar-refractivity contribution in [2.75, 3.05) is 20.1 Å². The van der Waals surface area contributed by atoms with E-state index in [1.807, 2.05) is 7.05 Å². The lowest BCUT2D eigenvalue weighted by Crippen LogP contribution is -2.55. The SMILES string of the molecule is CNC1CNC(=O)NC1. The third-order valence-corrected chi connectivity index (χ3v) is 1.43. The Bertz CT molecular complexity index is 105. The molecular weight excluding hydrogens is 118 g/mol. The Morgan fingerprint density at radius 1 is 1.56 bits per heavy atom. The van der Waals surface area contributed by atoms with Gasteiger partial charge in [0.1, 0.15) is 0 Å². The third-order valence-electron chi connectivity index (χ3n) is 1.43. The zero-order valence-electron chi connectivity index (χ0n) is 5.40. The molecule has 1 heterocycles. The van der Waals surface area contributed by atoms with Crippen LogP contribution in [0.2, 0.25) is 0 Å². The van der Waals surface area contributed by atoms with Gasteiger partial charge >= 0.3 is 6.03 Å². The van der Waals surface area contributed by atoms with Crippen LogP contribution >= 0.6 is 0 Å². The molecule has 2 amide bonds. The van der Waals surface area contributed by atoms with Crippen LogP contribution in [-0.2, 0) is 0 Å². The van der Waals surface area contributed by atoms with Crippen LogP contribution in [0.15, 0.2) is 0 Å². The predicted octanol–water partition coefficient (Wildman–Crippen LogP) is -1.11. The van der Waals surface area contributed by atoms with Gasteiger partial charge in [0.25, 0.3) is 0 Å². The summed E-state index contributed by atoms with van der Waals surface area (Å²) in [6.07, 6.45) is 0. The Kier molecular flexibility index (Phi) is 1.89. The molecule has 1 aliphatic rings. The lowest BCUT2D eigenvalue weighted by atomic mass is 10.2. The number of hydrogen-bond acceptors (Lipinski definition) is 2. The van der Waals surface area contributed by atoms with Crippen molar-refractivity contribution < 1.29 is 4.79 Å². The summed E-state index contributed by atoms with van der Waals surface area (Å²) in [6, 6.07) is 0.309. The maximum absolute atomic E-state index is 10.5. The smallest absolute Gasteiger partial charge is 0.314 e. The van der Waals surface area contributed by atoms with Crippen molar-refractivity contribution in [2.45, 2.75) is 6.04 Å². The highest BCUT2D eigenvalue weighted by molar-refractivity contribution is 5.74. The minimum atomic E-state index is -0.0681. The second kappa shape index (κ2) is 2.68. The molecule has 0 aliphatic carbocycles. The van der Waals surface area contributed by atoms with Crippen LogP contribution in [0.4, 0.5) is 4.79 Å². The first-order chi connectivity index (χ1) is 4.33. The van der Waals surface area contributed by atoms with Gasteiger partial charge in [0, 0.05) is 19.1 Å². The molecule has 0 bridgehead atoms. The third kappa shape index (κ3) is 1.57. The first-order valence-corrected chi connectivity index (χ1v) is 3.02. The molecule has 0 aromatic carbocycles. The van der Waals surface area contributed by atoms with Crippen LogP contribution in [0, 0.1) is 0 Å². The number of rotatable bonds is 1. The Balaban J connectivity index is 2.26. The lowest BCUT2D eigenvalue weighted by Gasteiger charge is -2.22. The molecule has 1 fully saturated rings. The van der Waals surface area contributed by atoms with E-state index in [0.717, 1.165) is 13.1 Å². The van der Waals surface area contributed by atoms with E-state index in [9.17, 15) is 4.79 Å². The normalized spacial score (nSPS) is 20.8. The first kappa shape index (κ1) is 6.35. The number of likely N-dealkylation sites (N-methyl/N-ethyl adjacent to an activating group) is 1. The fourth-order valence-electron chi connectivity index (χ4n) is 0.771. The largest absolute Gasteiger partial charge is 0.337 e. The highest BCUT2D eigenvalue weighted by atomic mass is 16.2. The van der Waals surface area contributed by atoms with E-state index < -0.39 is 0 Å². The number of amides is 2. The molecule has 3 N–H and O–H groups in total. The molecule has 0 saturated carbocycles. The predicted molar refractivity (Wildman–Crippen MR) is 34.2 cm³/mol. The number of urea groups is 1. The van der Waals surface area contributed by atoms with E-state index in [-0.39, 0.29) is 6.03 Å². The van der Waals surface area contributed by atoms with Gasteiger partial charge in [0.05, 0.1) is 0 Å². The molecule has 4 heteroatoms. The van der Waals surface area contributed by atoms with Crippen LogP contribution in [0.25, 0.3) is 0 Å². The minimum absolute atomic E-state index is 0.0681. The van der Waals surface area contributed by atoms with Crippen LogP contribution < -0.4 is 16.0 Å². The summed E-state index contributed by atoms with van der Waals surface area (Å²) in [4.78, 5) is 10.5. The Morgan fingerprint density at radius 3 is 2.56 bits per heavy atom. The summed E-state index contributed by atoms with van der Waals surface area (Å²) in [5.41, 5.74) is 0. The van der Waals surface area contributed by atoms with Crippen molar-refractivity contribution in [2.24, 2.45) is 0 Å². The van der Waals surface area contributed by atoms with Gasteiger partial charge in [0.2, 0.25) is 0 Å². The van der Waals surface area contributed by atoms with E-state index >= 15 is 0 Å². The Hall–Kier alpha value is -0.770. The van der Waals surface area contributed by atoms with Crippen molar-refractivity contribution in [1.29, 1.82) is 0 Å². The molecule has 9 heavy (non-hydrogen) atoms. The summed E-state index contributed by atoms with van der Waals surface area (Å²) in [7, 11) is 1.88. The topological polar surface area (TPSA) is 53.2 Å². The summed E-state index contributed by atoms with van der Waals surface area (Å²) >= 11 is 0. The molecule has 0 spiro atoms. The van der Waals surface area contributed by atoms with Crippen molar-refractivity contribution >= 4 is 6.03 Å². The first-order valence-electron chi connectivity index (χ1n) is 3.02. The highest BCUT2D eigenvalue weighted by Crippen LogP contribution is 1.83. The maximum Gasteiger partial charge on any atom is 0.314 e. The minimum Gasteiger partial charge on any atom is -0.337 e. The van der Waals surface area contributed by atoms with Gasteiger partial charge in [-0.25, -0.2) is 4.79 Å². The molecule has 52 valence electrons. The Labute approximate surface area is 54.0 Å². The molecule has 0 aromatic heterocycles. The van der Waals surface area contributed by atoms with E-state index in [1.165, 1.54) is 0 Å². The second-order valence-electron chi connectivity index (χ2n) is 2.08. The van der Waals surface area contributed by atoms with Gasteiger partial charge in [-0.15, -0.1) is 0 Å². The van der Waals surface area contributed by atoms with Crippen LogP contribution in [0.3, 0.4) is 0 Å². The second-order valence-corrected chi connectivity index (χ2v) is 2.08. The monoisotopic (exact) mass is 129 g/mol. The van der Waals surface area contributed by atoms with E-state index in [0.29, 0.717) is 6.04 Å². The highest BCUT2D eigenvalue weighted by Gasteiger charge is 2.13. The zero-order valence-corrected chi connectivity index (χ0v) is 5.40. The molecule has 0 aromatic rings. The van der Waals surface area contributed by atoms with E-state index in [1.54, 1.807) is 0 Å². The number of carbonyl (C=O) groups excluding carboxylic acids is 1.